The van der Waals surface area contributed by atoms with Crippen molar-refractivity contribution in [2.75, 3.05) is 31.1 Å². The number of ether oxygens (including phenoxy) is 1. The first kappa shape index (κ1) is 26.8. The smallest absolute Gasteiger partial charge is 0.262 e. The third-order valence-corrected chi connectivity index (χ3v) is 9.06. The molecule has 0 unspecified atom stereocenters. The van der Waals surface area contributed by atoms with Gasteiger partial charge in [-0.3, -0.25) is 9.59 Å². The average Bonchev–Trinajstić information content (AvgIpc) is 2.97. The van der Waals surface area contributed by atoms with Gasteiger partial charge < -0.3 is 15.0 Å². The molecule has 39 heavy (non-hydrogen) atoms. The minimum atomic E-state index is -3.78. The number of hydrogen-bond acceptors (Lipinski definition) is 5. The first-order chi connectivity index (χ1) is 18.8. The van der Waals surface area contributed by atoms with E-state index in [1.807, 2.05) is 30.3 Å². The highest BCUT2D eigenvalue weighted by Crippen LogP contribution is 2.35. The molecule has 0 radical (unpaired) electrons. The molecule has 0 bridgehead atoms. The van der Waals surface area contributed by atoms with E-state index in [4.69, 9.17) is 4.74 Å². The van der Waals surface area contributed by atoms with Crippen molar-refractivity contribution in [1.29, 1.82) is 0 Å². The topological polar surface area (TPSA) is 96.0 Å². The Morgan fingerprint density at radius 2 is 1.59 bits per heavy atom. The molecule has 1 saturated heterocycles. The summed E-state index contributed by atoms with van der Waals surface area (Å²) in [5.41, 5.74) is 1.70. The van der Waals surface area contributed by atoms with Crippen LogP contribution in [0, 0.1) is 11.7 Å². The van der Waals surface area contributed by atoms with Crippen LogP contribution >= 0.6 is 0 Å². The lowest BCUT2D eigenvalue weighted by Crippen LogP contribution is -2.53. The van der Waals surface area contributed by atoms with Crippen LogP contribution in [0.25, 0.3) is 0 Å². The van der Waals surface area contributed by atoms with Gasteiger partial charge in [0.2, 0.25) is 15.9 Å². The summed E-state index contributed by atoms with van der Waals surface area (Å²) in [7, 11) is -3.78. The molecule has 1 atom stereocenters. The molecule has 10 heteroatoms. The van der Waals surface area contributed by atoms with Crippen molar-refractivity contribution in [1.82, 2.24) is 9.62 Å². The molecular formula is C29H30FN3O5S. The van der Waals surface area contributed by atoms with Crippen LogP contribution in [0.3, 0.4) is 0 Å². The van der Waals surface area contributed by atoms with Gasteiger partial charge in [-0.2, -0.15) is 4.31 Å². The van der Waals surface area contributed by atoms with Gasteiger partial charge in [-0.1, -0.05) is 42.5 Å². The van der Waals surface area contributed by atoms with E-state index in [1.165, 1.54) is 16.4 Å². The van der Waals surface area contributed by atoms with E-state index in [1.54, 1.807) is 29.2 Å². The minimum Gasteiger partial charge on any atom is -0.477 e. The quantitative estimate of drug-likeness (QED) is 0.486. The first-order valence-corrected chi connectivity index (χ1v) is 14.4. The Balaban J connectivity index is 1.23. The van der Waals surface area contributed by atoms with Crippen LogP contribution in [-0.2, 0) is 26.0 Å². The number of halogens is 1. The lowest BCUT2D eigenvalue weighted by molar-refractivity contribution is -0.129. The maximum Gasteiger partial charge on any atom is 0.262 e. The van der Waals surface area contributed by atoms with Crippen molar-refractivity contribution in [2.24, 2.45) is 5.92 Å². The Morgan fingerprint density at radius 3 is 2.31 bits per heavy atom. The van der Waals surface area contributed by atoms with Gasteiger partial charge in [-0.25, -0.2) is 12.8 Å². The number of piperidine rings is 1. The van der Waals surface area contributed by atoms with E-state index in [9.17, 15) is 22.4 Å². The van der Waals surface area contributed by atoms with E-state index in [0.717, 1.165) is 17.7 Å². The molecule has 5 rings (SSSR count). The summed E-state index contributed by atoms with van der Waals surface area (Å²) in [6.07, 6.45) is 0.496. The number of fused-ring (bicyclic) bond motifs is 1. The summed E-state index contributed by atoms with van der Waals surface area (Å²) in [6.45, 7) is 0.859. The highest BCUT2D eigenvalue weighted by atomic mass is 32.2. The van der Waals surface area contributed by atoms with Crippen LogP contribution in [0.15, 0.2) is 83.8 Å². The Kier molecular flexibility index (Phi) is 7.94. The number of sulfonamides is 1. The highest BCUT2D eigenvalue weighted by molar-refractivity contribution is 7.89. The molecule has 0 spiro atoms. The van der Waals surface area contributed by atoms with E-state index < -0.39 is 27.9 Å². The predicted octanol–water partition coefficient (Wildman–Crippen LogP) is 3.38. The molecule has 2 aliphatic rings. The number of hydrogen-bond donors (Lipinski definition) is 1. The Bertz CT molecular complexity index is 1420. The summed E-state index contributed by atoms with van der Waals surface area (Å²) in [5, 5.41) is 2.91. The van der Waals surface area contributed by atoms with Crippen molar-refractivity contribution < 1.29 is 27.1 Å². The van der Waals surface area contributed by atoms with Gasteiger partial charge >= 0.3 is 0 Å². The van der Waals surface area contributed by atoms with Gasteiger partial charge in [0, 0.05) is 25.6 Å². The zero-order chi connectivity index (χ0) is 27.4. The van der Waals surface area contributed by atoms with Crippen LogP contribution in [0.2, 0.25) is 0 Å². The summed E-state index contributed by atoms with van der Waals surface area (Å²) >= 11 is 0. The van der Waals surface area contributed by atoms with Gasteiger partial charge in [0.25, 0.3) is 5.91 Å². The molecule has 0 saturated carbocycles. The number of nitrogens with one attached hydrogen (secondary N) is 1. The largest absolute Gasteiger partial charge is 0.477 e. The number of amides is 2. The average molecular weight is 552 g/mol. The zero-order valence-electron chi connectivity index (χ0n) is 21.3. The van der Waals surface area contributed by atoms with Crippen molar-refractivity contribution in [3.8, 4) is 5.75 Å². The molecule has 0 aliphatic carbocycles. The molecule has 3 aromatic rings. The SMILES string of the molecule is O=C(NCCc1ccccc1)[C@@H]1CN(C(=O)C2CCN(S(=O)(=O)c3ccc(F)cc3)CC2)c2ccccc2O1. The summed E-state index contributed by atoms with van der Waals surface area (Å²) < 4.78 is 46.5. The molecule has 2 heterocycles. The Hall–Kier alpha value is -3.76. The van der Waals surface area contributed by atoms with E-state index in [2.05, 4.69) is 5.32 Å². The number of carbonyl (C=O) groups excluding carboxylic acids is 2. The van der Waals surface area contributed by atoms with Crippen LogP contribution in [0.4, 0.5) is 10.1 Å². The van der Waals surface area contributed by atoms with Crippen molar-refractivity contribution in [3.05, 3.63) is 90.2 Å². The molecule has 1 N–H and O–H groups in total. The number of benzene rings is 3. The van der Waals surface area contributed by atoms with Gasteiger partial charge in [0.1, 0.15) is 11.6 Å². The highest BCUT2D eigenvalue weighted by Gasteiger charge is 2.39. The second-order valence-electron chi connectivity index (χ2n) is 9.68. The lowest BCUT2D eigenvalue weighted by Gasteiger charge is -2.38. The molecule has 2 amide bonds. The predicted molar refractivity (Wildman–Crippen MR) is 144 cm³/mol. The molecule has 8 nitrogen and oxygen atoms in total. The molecule has 204 valence electrons. The third kappa shape index (κ3) is 5.97. The van der Waals surface area contributed by atoms with Crippen molar-refractivity contribution >= 4 is 27.5 Å². The fourth-order valence-corrected chi connectivity index (χ4v) is 6.46. The number of para-hydroxylation sites is 2. The van der Waals surface area contributed by atoms with Crippen molar-refractivity contribution in [3.63, 3.8) is 0 Å². The first-order valence-electron chi connectivity index (χ1n) is 13.0. The second kappa shape index (κ2) is 11.5. The lowest BCUT2D eigenvalue weighted by atomic mass is 9.95. The van der Waals surface area contributed by atoms with Crippen LogP contribution in [-0.4, -0.2) is 56.8 Å². The van der Waals surface area contributed by atoms with Gasteiger partial charge in [-0.05, 0) is 61.2 Å². The second-order valence-corrected chi connectivity index (χ2v) is 11.6. The summed E-state index contributed by atoms with van der Waals surface area (Å²) in [5.74, 6) is -0.911. The molecule has 2 aliphatic heterocycles. The molecule has 3 aromatic carbocycles. The maximum atomic E-state index is 13.7. The standard InChI is InChI=1S/C29H30FN3O5S/c30-23-10-12-24(13-11-23)39(36,37)32-18-15-22(16-19-32)29(35)33-20-27(38-26-9-5-4-8-25(26)33)28(34)31-17-14-21-6-2-1-3-7-21/h1-13,22,27H,14-20H2,(H,31,34)/t27-/m0/s1. The fourth-order valence-electron chi connectivity index (χ4n) is 4.99. The Morgan fingerprint density at radius 1 is 0.923 bits per heavy atom. The number of nitrogens with zero attached hydrogens (tertiary/aromatic N) is 2. The third-order valence-electron chi connectivity index (χ3n) is 7.14. The van der Waals surface area contributed by atoms with E-state index >= 15 is 0 Å². The van der Waals surface area contributed by atoms with E-state index in [0.29, 0.717) is 37.2 Å². The summed E-state index contributed by atoms with van der Waals surface area (Å²) in [6, 6.07) is 21.7. The van der Waals surface area contributed by atoms with Gasteiger partial charge in [0.15, 0.2) is 6.10 Å². The number of carbonyl (C=O) groups is 2. The monoisotopic (exact) mass is 551 g/mol. The number of anilines is 1. The van der Waals surface area contributed by atoms with E-state index in [-0.39, 0.29) is 36.3 Å². The molecule has 1 fully saturated rings. The normalized spacial score (nSPS) is 18.2. The van der Waals surface area contributed by atoms with Crippen LogP contribution < -0.4 is 15.0 Å². The minimum absolute atomic E-state index is 0.0249. The molecular weight excluding hydrogens is 521 g/mol. The molecule has 0 aromatic heterocycles. The van der Waals surface area contributed by atoms with Gasteiger partial charge in [-0.15, -0.1) is 0 Å². The summed E-state index contributed by atoms with van der Waals surface area (Å²) in [4.78, 5) is 28.3. The van der Waals surface area contributed by atoms with Crippen molar-refractivity contribution in [2.45, 2.75) is 30.3 Å². The zero-order valence-corrected chi connectivity index (χ0v) is 22.1. The van der Waals surface area contributed by atoms with Gasteiger partial charge in [0.05, 0.1) is 17.1 Å². The fraction of sp³-hybridized carbons (Fsp3) is 0.310. The van der Waals surface area contributed by atoms with Crippen LogP contribution in [0.5, 0.6) is 5.75 Å². The maximum absolute atomic E-state index is 13.7. The van der Waals surface area contributed by atoms with Crippen LogP contribution in [0.1, 0.15) is 18.4 Å². The Labute approximate surface area is 227 Å². The number of rotatable bonds is 7.